The van der Waals surface area contributed by atoms with E-state index in [1.54, 1.807) is 48.3 Å². The fourth-order valence-corrected chi connectivity index (χ4v) is 5.14. The van der Waals surface area contributed by atoms with Crippen LogP contribution in [-0.2, 0) is 19.5 Å². The second-order valence-electron chi connectivity index (χ2n) is 9.72. The number of aromatic nitrogens is 1. The van der Waals surface area contributed by atoms with Gasteiger partial charge in [0.2, 0.25) is 0 Å². The Morgan fingerprint density at radius 1 is 1.00 bits per heavy atom. The van der Waals surface area contributed by atoms with E-state index in [0.29, 0.717) is 30.6 Å². The van der Waals surface area contributed by atoms with Crippen LogP contribution in [0.3, 0.4) is 0 Å². The predicted octanol–water partition coefficient (Wildman–Crippen LogP) is 4.35. The fraction of sp³-hybridized carbons (Fsp3) is 0.258. The Bertz CT molecular complexity index is 1430. The highest BCUT2D eigenvalue weighted by Crippen LogP contribution is 2.15. The topological polar surface area (TPSA) is 94.6 Å². The van der Waals surface area contributed by atoms with Gasteiger partial charge in [-0.25, -0.2) is 9.37 Å². The highest BCUT2D eigenvalue weighted by Gasteiger charge is 2.23. The van der Waals surface area contributed by atoms with E-state index in [0.717, 1.165) is 21.8 Å². The molecule has 0 radical (unpaired) electrons. The smallest absolute Gasteiger partial charge is 0.253 e. The molecule has 3 aromatic carbocycles. The Kier molecular flexibility index (Phi) is 10.1. The van der Waals surface area contributed by atoms with E-state index in [2.05, 4.69) is 15.6 Å². The number of amides is 2. The molecule has 4 rings (SSSR count). The molecule has 7 nitrogen and oxygen atoms in total. The summed E-state index contributed by atoms with van der Waals surface area (Å²) in [4.78, 5) is 32.3. The van der Waals surface area contributed by atoms with E-state index in [-0.39, 0.29) is 18.3 Å². The van der Waals surface area contributed by atoms with Gasteiger partial charge >= 0.3 is 0 Å². The van der Waals surface area contributed by atoms with Crippen molar-refractivity contribution in [1.29, 1.82) is 0 Å². The average molecular weight is 561 g/mol. The van der Waals surface area contributed by atoms with Crippen molar-refractivity contribution in [2.75, 3.05) is 13.6 Å². The summed E-state index contributed by atoms with van der Waals surface area (Å²) >= 11 is 1.50. The molecular weight excluding hydrogens is 527 g/mol. The van der Waals surface area contributed by atoms with Gasteiger partial charge < -0.3 is 20.6 Å². The van der Waals surface area contributed by atoms with Crippen molar-refractivity contribution in [3.8, 4) is 0 Å². The van der Waals surface area contributed by atoms with E-state index >= 15 is 0 Å². The van der Waals surface area contributed by atoms with Crippen molar-refractivity contribution in [2.45, 2.75) is 38.6 Å². The number of aliphatic hydroxyl groups excluding tert-OH is 1. The molecule has 1 aromatic heterocycles. The molecule has 40 heavy (non-hydrogen) atoms. The highest BCUT2D eigenvalue weighted by atomic mass is 32.1. The molecule has 0 aliphatic heterocycles. The second kappa shape index (κ2) is 13.9. The Morgan fingerprint density at radius 2 is 1.73 bits per heavy atom. The van der Waals surface area contributed by atoms with Crippen LogP contribution in [-0.4, -0.2) is 52.5 Å². The van der Waals surface area contributed by atoms with Gasteiger partial charge in [-0.15, -0.1) is 11.3 Å². The summed E-state index contributed by atoms with van der Waals surface area (Å²) in [5.41, 5.74) is 3.34. The minimum atomic E-state index is -0.921. The number of benzene rings is 3. The minimum absolute atomic E-state index is 0.188. The molecule has 0 aliphatic rings. The monoisotopic (exact) mass is 560 g/mol. The first-order valence-corrected chi connectivity index (χ1v) is 13.9. The van der Waals surface area contributed by atoms with E-state index < -0.39 is 18.1 Å². The molecule has 0 spiro atoms. The number of hydrogen-bond donors (Lipinski definition) is 3. The molecule has 0 unspecified atom stereocenters. The first-order chi connectivity index (χ1) is 19.3. The Hall–Kier alpha value is -3.92. The highest BCUT2D eigenvalue weighted by molar-refractivity contribution is 7.09. The number of aliphatic hydroxyl groups is 1. The molecule has 9 heteroatoms. The Balaban J connectivity index is 1.42. The molecule has 0 saturated carbocycles. The SMILES string of the molecule is Cc1csc(CN(C)C(=O)c2cccc(C(=O)N[C@@H](Cc3ccccc3)[C@H](O)CNCc3cccc(F)c3)c2)n1. The number of nitrogens with one attached hydrogen (secondary N) is 2. The zero-order valence-electron chi connectivity index (χ0n) is 22.5. The van der Waals surface area contributed by atoms with Gasteiger partial charge in [0.05, 0.1) is 18.7 Å². The van der Waals surface area contributed by atoms with Gasteiger partial charge in [-0.05, 0) is 54.8 Å². The van der Waals surface area contributed by atoms with Gasteiger partial charge in [0.1, 0.15) is 10.8 Å². The Morgan fingerprint density at radius 3 is 2.45 bits per heavy atom. The number of nitrogens with zero attached hydrogens (tertiary/aromatic N) is 2. The van der Waals surface area contributed by atoms with Gasteiger partial charge in [0.15, 0.2) is 0 Å². The standard InChI is InChI=1S/C31H33FN4O3S/c1-21-20-40-29(34-21)19-36(2)31(39)25-12-7-11-24(16-25)30(38)35-27(15-22-8-4-3-5-9-22)28(37)18-33-17-23-10-6-13-26(32)14-23/h3-14,16,20,27-28,33,37H,15,17-19H2,1-2H3,(H,35,38)/t27-,28+/m0/s1. The van der Waals surface area contributed by atoms with Crippen LogP contribution in [0.5, 0.6) is 0 Å². The number of carbonyl (C=O) groups is 2. The maximum Gasteiger partial charge on any atom is 0.253 e. The number of rotatable bonds is 12. The number of thiazole rings is 1. The van der Waals surface area contributed by atoms with Crippen LogP contribution < -0.4 is 10.6 Å². The largest absolute Gasteiger partial charge is 0.390 e. The Labute approximate surface area is 237 Å². The van der Waals surface area contributed by atoms with Gasteiger partial charge in [-0.2, -0.15) is 0 Å². The lowest BCUT2D eigenvalue weighted by molar-refractivity contribution is 0.0784. The molecule has 3 N–H and O–H groups in total. The van der Waals surface area contributed by atoms with Gasteiger partial charge in [0.25, 0.3) is 11.8 Å². The van der Waals surface area contributed by atoms with Gasteiger partial charge in [-0.3, -0.25) is 9.59 Å². The van der Waals surface area contributed by atoms with Crippen molar-refractivity contribution in [3.05, 3.63) is 123 Å². The molecule has 2 atom stereocenters. The predicted molar refractivity (Wildman–Crippen MR) is 155 cm³/mol. The van der Waals surface area contributed by atoms with E-state index in [4.69, 9.17) is 0 Å². The normalized spacial score (nSPS) is 12.5. The summed E-state index contributed by atoms with van der Waals surface area (Å²) in [5, 5.41) is 19.9. The number of carbonyl (C=O) groups excluding carboxylic acids is 2. The fourth-order valence-electron chi connectivity index (χ4n) is 4.32. The van der Waals surface area contributed by atoms with Crippen molar-refractivity contribution in [2.24, 2.45) is 0 Å². The van der Waals surface area contributed by atoms with Crippen molar-refractivity contribution < 1.29 is 19.1 Å². The molecule has 1 heterocycles. The van der Waals surface area contributed by atoms with Gasteiger partial charge in [-0.1, -0.05) is 48.5 Å². The van der Waals surface area contributed by atoms with Gasteiger partial charge in [0, 0.05) is 42.3 Å². The van der Waals surface area contributed by atoms with Crippen LogP contribution in [0.25, 0.3) is 0 Å². The number of hydrogen-bond acceptors (Lipinski definition) is 6. The molecule has 0 fully saturated rings. The zero-order valence-corrected chi connectivity index (χ0v) is 23.3. The van der Waals surface area contributed by atoms with Crippen LogP contribution in [0.15, 0.2) is 84.2 Å². The molecule has 208 valence electrons. The molecule has 0 bridgehead atoms. The third kappa shape index (κ3) is 8.29. The lowest BCUT2D eigenvalue weighted by atomic mass is 10.00. The van der Waals surface area contributed by atoms with Crippen molar-refractivity contribution >= 4 is 23.2 Å². The first kappa shape index (κ1) is 29.1. The summed E-state index contributed by atoms with van der Waals surface area (Å²) in [6.07, 6.45) is -0.514. The van der Waals surface area contributed by atoms with Crippen LogP contribution >= 0.6 is 11.3 Å². The maximum atomic E-state index is 13.5. The summed E-state index contributed by atoms with van der Waals surface area (Å²) in [5.74, 6) is -0.929. The zero-order chi connectivity index (χ0) is 28.5. The molecule has 0 aliphatic carbocycles. The number of halogens is 1. The average Bonchev–Trinajstić information content (AvgIpc) is 3.37. The summed E-state index contributed by atoms with van der Waals surface area (Å²) in [7, 11) is 1.70. The lowest BCUT2D eigenvalue weighted by Gasteiger charge is -2.25. The van der Waals surface area contributed by atoms with Crippen LogP contribution in [0, 0.1) is 12.7 Å². The molecule has 0 saturated heterocycles. The van der Waals surface area contributed by atoms with E-state index in [9.17, 15) is 19.1 Å². The quantitative estimate of drug-likeness (QED) is 0.240. The third-order valence-electron chi connectivity index (χ3n) is 6.41. The summed E-state index contributed by atoms with van der Waals surface area (Å²) in [6, 6.07) is 21.8. The van der Waals surface area contributed by atoms with Crippen LogP contribution in [0.4, 0.5) is 4.39 Å². The first-order valence-electron chi connectivity index (χ1n) is 13.0. The van der Waals surface area contributed by atoms with E-state index in [1.807, 2.05) is 42.6 Å². The van der Waals surface area contributed by atoms with Crippen LogP contribution in [0.2, 0.25) is 0 Å². The summed E-state index contributed by atoms with van der Waals surface area (Å²) < 4.78 is 13.5. The molecule has 2 amide bonds. The van der Waals surface area contributed by atoms with Crippen molar-refractivity contribution in [3.63, 3.8) is 0 Å². The maximum absolute atomic E-state index is 13.5. The van der Waals surface area contributed by atoms with Crippen molar-refractivity contribution in [1.82, 2.24) is 20.5 Å². The summed E-state index contributed by atoms with van der Waals surface area (Å²) in [6.45, 7) is 2.85. The third-order valence-corrected chi connectivity index (χ3v) is 7.36. The lowest BCUT2D eigenvalue weighted by Crippen LogP contribution is -2.48. The van der Waals surface area contributed by atoms with Crippen LogP contribution in [0.1, 0.15) is 42.5 Å². The van der Waals surface area contributed by atoms with E-state index in [1.165, 1.54) is 23.5 Å². The second-order valence-corrected chi connectivity index (χ2v) is 10.7. The molecular formula is C31H33FN4O3S. The molecule has 4 aromatic rings. The number of aryl methyl sites for hydroxylation is 1. The minimum Gasteiger partial charge on any atom is -0.390 e.